The Hall–Kier alpha value is -2.66. The van der Waals surface area contributed by atoms with Crippen molar-refractivity contribution in [2.45, 2.75) is 25.7 Å². The SMILES string of the molecule is O=C(CO)CCCCCNC(=O)/C=C/C=C/c1c[nH]c2ccccc12. The number of ketones is 1. The molecule has 1 heterocycles. The zero-order valence-electron chi connectivity index (χ0n) is 14.2. The van der Waals surface area contributed by atoms with E-state index in [0.29, 0.717) is 13.0 Å². The summed E-state index contributed by atoms with van der Waals surface area (Å²) in [6.07, 6.45) is 11.8. The van der Waals surface area contributed by atoms with E-state index >= 15 is 0 Å². The van der Waals surface area contributed by atoms with Gasteiger partial charge in [-0.15, -0.1) is 0 Å². The van der Waals surface area contributed by atoms with E-state index in [9.17, 15) is 9.59 Å². The summed E-state index contributed by atoms with van der Waals surface area (Å²) in [5.74, 6) is -0.260. The van der Waals surface area contributed by atoms with Crippen LogP contribution in [0.25, 0.3) is 17.0 Å². The highest BCUT2D eigenvalue weighted by Crippen LogP contribution is 2.18. The van der Waals surface area contributed by atoms with E-state index in [4.69, 9.17) is 5.11 Å². The van der Waals surface area contributed by atoms with Crippen molar-refractivity contribution < 1.29 is 14.7 Å². The Morgan fingerprint density at radius 2 is 1.96 bits per heavy atom. The van der Waals surface area contributed by atoms with E-state index in [0.717, 1.165) is 35.7 Å². The van der Waals surface area contributed by atoms with Crippen LogP contribution < -0.4 is 5.32 Å². The van der Waals surface area contributed by atoms with Crippen LogP contribution in [0.3, 0.4) is 0 Å². The molecule has 0 spiro atoms. The Morgan fingerprint density at radius 3 is 2.80 bits per heavy atom. The minimum Gasteiger partial charge on any atom is -0.389 e. The van der Waals surface area contributed by atoms with Crippen molar-refractivity contribution >= 4 is 28.7 Å². The molecular weight excluding hydrogens is 316 g/mol. The second-order valence-corrected chi connectivity index (χ2v) is 5.81. The number of hydrogen-bond donors (Lipinski definition) is 3. The van der Waals surface area contributed by atoms with E-state index in [1.54, 1.807) is 6.08 Å². The molecule has 0 aliphatic heterocycles. The number of fused-ring (bicyclic) bond motifs is 1. The van der Waals surface area contributed by atoms with Crippen molar-refractivity contribution in [1.29, 1.82) is 0 Å². The molecule has 0 atom stereocenters. The number of aromatic nitrogens is 1. The smallest absolute Gasteiger partial charge is 0.243 e. The zero-order chi connectivity index (χ0) is 17.9. The average Bonchev–Trinajstić information content (AvgIpc) is 3.04. The predicted molar refractivity (Wildman–Crippen MR) is 100 cm³/mol. The molecular formula is C20H24N2O3. The first-order valence-electron chi connectivity index (χ1n) is 8.52. The minimum atomic E-state index is -0.381. The normalized spacial score (nSPS) is 11.6. The summed E-state index contributed by atoms with van der Waals surface area (Å²) in [4.78, 5) is 25.8. The third-order valence-corrected chi connectivity index (χ3v) is 3.86. The van der Waals surface area contributed by atoms with E-state index in [1.807, 2.05) is 36.5 Å². The van der Waals surface area contributed by atoms with Gasteiger partial charge in [-0.1, -0.05) is 42.8 Å². The highest BCUT2D eigenvalue weighted by molar-refractivity contribution is 5.90. The molecule has 0 unspecified atom stereocenters. The number of aliphatic hydroxyl groups is 1. The van der Waals surface area contributed by atoms with Crippen molar-refractivity contribution in [1.82, 2.24) is 10.3 Å². The first kappa shape index (κ1) is 18.7. The second-order valence-electron chi connectivity index (χ2n) is 5.81. The fraction of sp³-hybridized carbons (Fsp3) is 0.300. The molecule has 0 saturated heterocycles. The van der Waals surface area contributed by atoms with Crippen molar-refractivity contribution in [2.75, 3.05) is 13.2 Å². The molecule has 1 amide bonds. The topological polar surface area (TPSA) is 82.2 Å². The van der Waals surface area contributed by atoms with Crippen LogP contribution in [0.5, 0.6) is 0 Å². The number of benzene rings is 1. The zero-order valence-corrected chi connectivity index (χ0v) is 14.2. The fourth-order valence-corrected chi connectivity index (χ4v) is 2.51. The highest BCUT2D eigenvalue weighted by Gasteiger charge is 2.00. The summed E-state index contributed by atoms with van der Waals surface area (Å²) in [7, 11) is 0. The Kier molecular flexibility index (Phi) is 7.66. The third kappa shape index (κ3) is 6.39. The van der Waals surface area contributed by atoms with Gasteiger partial charge in [0.05, 0.1) is 0 Å². The van der Waals surface area contributed by atoms with Crippen LogP contribution in [0.1, 0.15) is 31.2 Å². The number of allylic oxidation sites excluding steroid dienone is 2. The van der Waals surface area contributed by atoms with E-state index < -0.39 is 0 Å². The van der Waals surface area contributed by atoms with Crippen LogP contribution >= 0.6 is 0 Å². The lowest BCUT2D eigenvalue weighted by molar-refractivity contribution is -0.122. The van der Waals surface area contributed by atoms with Gasteiger partial charge in [-0.05, 0) is 24.5 Å². The third-order valence-electron chi connectivity index (χ3n) is 3.86. The second kappa shape index (κ2) is 10.3. The molecule has 0 bridgehead atoms. The van der Waals surface area contributed by atoms with Gasteiger partial charge in [-0.3, -0.25) is 9.59 Å². The Bertz CT molecular complexity index is 759. The molecule has 1 aromatic heterocycles. The van der Waals surface area contributed by atoms with Gasteiger partial charge in [-0.25, -0.2) is 0 Å². The van der Waals surface area contributed by atoms with Crippen molar-refractivity contribution in [3.8, 4) is 0 Å². The van der Waals surface area contributed by atoms with Gasteiger partial charge >= 0.3 is 0 Å². The highest BCUT2D eigenvalue weighted by atomic mass is 16.3. The lowest BCUT2D eigenvalue weighted by Gasteiger charge is -2.01. The molecule has 0 aliphatic carbocycles. The monoisotopic (exact) mass is 340 g/mol. The molecule has 0 aliphatic rings. The molecule has 132 valence electrons. The molecule has 25 heavy (non-hydrogen) atoms. The van der Waals surface area contributed by atoms with Gasteiger partial charge in [0.1, 0.15) is 6.61 Å². The first-order chi connectivity index (χ1) is 12.2. The molecule has 2 rings (SSSR count). The number of carbonyl (C=O) groups is 2. The summed E-state index contributed by atoms with van der Waals surface area (Å²) < 4.78 is 0. The number of rotatable bonds is 10. The van der Waals surface area contributed by atoms with Crippen LogP contribution in [0.2, 0.25) is 0 Å². The fourth-order valence-electron chi connectivity index (χ4n) is 2.51. The number of carbonyl (C=O) groups excluding carboxylic acids is 2. The van der Waals surface area contributed by atoms with E-state index in [1.165, 1.54) is 6.08 Å². The predicted octanol–water partition coefficient (Wildman–Crippen LogP) is 2.98. The molecule has 2 aromatic rings. The van der Waals surface area contributed by atoms with Crippen LogP contribution in [0.4, 0.5) is 0 Å². The van der Waals surface area contributed by atoms with E-state index in [2.05, 4.69) is 16.4 Å². The first-order valence-corrected chi connectivity index (χ1v) is 8.52. The summed E-state index contributed by atoms with van der Waals surface area (Å²) in [5, 5.41) is 12.6. The number of amides is 1. The largest absolute Gasteiger partial charge is 0.389 e. The molecule has 0 fully saturated rings. The number of H-pyrrole nitrogens is 1. The van der Waals surface area contributed by atoms with Gasteiger partial charge in [0.25, 0.3) is 0 Å². The summed E-state index contributed by atoms with van der Waals surface area (Å²) in [5.41, 5.74) is 2.17. The van der Waals surface area contributed by atoms with Gasteiger partial charge in [-0.2, -0.15) is 0 Å². The molecule has 5 nitrogen and oxygen atoms in total. The van der Waals surface area contributed by atoms with Gasteiger partial charge in [0.15, 0.2) is 5.78 Å². The Balaban J connectivity index is 1.66. The molecule has 1 aromatic carbocycles. The van der Waals surface area contributed by atoms with Crippen molar-refractivity contribution in [3.63, 3.8) is 0 Å². The van der Waals surface area contributed by atoms with Gasteiger partial charge in [0, 0.05) is 36.1 Å². The van der Waals surface area contributed by atoms with Gasteiger partial charge < -0.3 is 15.4 Å². The maximum absolute atomic E-state index is 11.7. The summed E-state index contributed by atoms with van der Waals surface area (Å²) >= 11 is 0. The standard InChI is InChI=1S/C20H24N2O3/c23-15-17(24)9-2-1-7-13-21-20(25)12-6-3-8-16-14-22-19-11-5-4-10-18(16)19/h3-6,8,10-12,14,22-23H,1-2,7,9,13,15H2,(H,21,25)/b8-3+,12-6+. The van der Waals surface area contributed by atoms with Gasteiger partial charge in [0.2, 0.25) is 5.91 Å². The molecule has 3 N–H and O–H groups in total. The Morgan fingerprint density at radius 1 is 1.12 bits per heavy atom. The molecule has 0 saturated carbocycles. The number of hydrogen-bond acceptors (Lipinski definition) is 3. The van der Waals surface area contributed by atoms with Crippen LogP contribution in [-0.2, 0) is 9.59 Å². The number of aliphatic hydroxyl groups excluding tert-OH is 1. The minimum absolute atomic E-state index is 0.130. The van der Waals surface area contributed by atoms with Crippen LogP contribution in [0.15, 0.2) is 48.7 Å². The number of Topliss-reactive ketones (excluding diaryl/α,β-unsaturated/α-hetero) is 1. The lowest BCUT2D eigenvalue weighted by Crippen LogP contribution is -2.22. The number of nitrogens with one attached hydrogen (secondary N) is 2. The number of para-hydroxylation sites is 1. The number of aromatic amines is 1. The van der Waals surface area contributed by atoms with Crippen molar-refractivity contribution in [3.05, 3.63) is 54.3 Å². The summed E-state index contributed by atoms with van der Waals surface area (Å²) in [6, 6.07) is 8.06. The number of unbranched alkanes of at least 4 members (excludes halogenated alkanes) is 2. The molecule has 0 radical (unpaired) electrons. The lowest BCUT2D eigenvalue weighted by atomic mass is 10.1. The average molecular weight is 340 g/mol. The Labute approximate surface area is 147 Å². The summed E-state index contributed by atoms with van der Waals surface area (Å²) in [6.45, 7) is 0.205. The van der Waals surface area contributed by atoms with Crippen molar-refractivity contribution in [2.24, 2.45) is 0 Å². The quantitative estimate of drug-likeness (QED) is 0.353. The maximum atomic E-state index is 11.7. The van der Waals surface area contributed by atoms with Crippen LogP contribution in [0, 0.1) is 0 Å². The maximum Gasteiger partial charge on any atom is 0.243 e. The van der Waals surface area contributed by atoms with Crippen LogP contribution in [-0.4, -0.2) is 34.9 Å². The molecule has 5 heteroatoms. The van der Waals surface area contributed by atoms with E-state index in [-0.39, 0.29) is 18.3 Å².